The van der Waals surface area contributed by atoms with Gasteiger partial charge in [-0.2, -0.15) is 0 Å². The molecule has 68 valence electrons. The molecule has 1 nitrogen and oxygen atoms in total. The summed E-state index contributed by atoms with van der Waals surface area (Å²) in [5.74, 6) is 0.342. The standard InChI is InChI=1S/C11H11ClO/c1-7-4-9-5-10(13)3-2-8(9)6-11(7)12/h4,6H,2-3,5H2,1H3. The number of aryl methyl sites for hydroxylation is 2. The predicted octanol–water partition coefficient (Wildman–Crippen LogP) is 2.71. The van der Waals surface area contributed by atoms with E-state index in [0.717, 1.165) is 22.6 Å². The zero-order chi connectivity index (χ0) is 9.42. The highest BCUT2D eigenvalue weighted by Gasteiger charge is 2.16. The minimum atomic E-state index is 0.342. The van der Waals surface area contributed by atoms with Crippen LogP contribution in [0.25, 0.3) is 0 Å². The summed E-state index contributed by atoms with van der Waals surface area (Å²) in [6, 6.07) is 4.04. The molecule has 1 aromatic carbocycles. The van der Waals surface area contributed by atoms with E-state index >= 15 is 0 Å². The molecule has 1 aliphatic carbocycles. The van der Waals surface area contributed by atoms with Crippen LogP contribution in [0.2, 0.25) is 5.02 Å². The van der Waals surface area contributed by atoms with Gasteiger partial charge in [0.05, 0.1) is 0 Å². The van der Waals surface area contributed by atoms with Crippen LogP contribution in [0.15, 0.2) is 12.1 Å². The normalized spacial score (nSPS) is 15.7. The van der Waals surface area contributed by atoms with Crippen molar-refractivity contribution >= 4 is 17.4 Å². The first kappa shape index (κ1) is 8.76. The lowest BCUT2D eigenvalue weighted by atomic mass is 9.90. The van der Waals surface area contributed by atoms with E-state index < -0.39 is 0 Å². The molecule has 0 aliphatic heterocycles. The van der Waals surface area contributed by atoms with E-state index in [1.54, 1.807) is 0 Å². The van der Waals surface area contributed by atoms with Crippen LogP contribution in [0, 0.1) is 6.92 Å². The van der Waals surface area contributed by atoms with Crippen LogP contribution < -0.4 is 0 Å². The van der Waals surface area contributed by atoms with E-state index in [2.05, 4.69) is 0 Å². The van der Waals surface area contributed by atoms with Gasteiger partial charge in [0, 0.05) is 17.9 Å². The molecule has 1 aliphatic rings. The van der Waals surface area contributed by atoms with Crippen LogP contribution in [0.1, 0.15) is 23.1 Å². The van der Waals surface area contributed by atoms with E-state index in [1.807, 2.05) is 19.1 Å². The summed E-state index contributed by atoms with van der Waals surface area (Å²) in [7, 11) is 0. The van der Waals surface area contributed by atoms with Crippen molar-refractivity contribution in [2.75, 3.05) is 0 Å². The maximum absolute atomic E-state index is 11.2. The monoisotopic (exact) mass is 194 g/mol. The van der Waals surface area contributed by atoms with Gasteiger partial charge in [0.1, 0.15) is 5.78 Å². The van der Waals surface area contributed by atoms with E-state index in [9.17, 15) is 4.79 Å². The Balaban J connectivity index is 2.49. The van der Waals surface area contributed by atoms with Crippen molar-refractivity contribution in [3.63, 3.8) is 0 Å². The summed E-state index contributed by atoms with van der Waals surface area (Å²) in [6.07, 6.45) is 2.12. The third kappa shape index (κ3) is 1.61. The summed E-state index contributed by atoms with van der Waals surface area (Å²) in [4.78, 5) is 11.2. The molecule has 2 heteroatoms. The average Bonchev–Trinajstić information content (AvgIpc) is 2.08. The average molecular weight is 195 g/mol. The van der Waals surface area contributed by atoms with Crippen LogP contribution in [0.5, 0.6) is 0 Å². The van der Waals surface area contributed by atoms with Gasteiger partial charge in [-0.15, -0.1) is 0 Å². The Labute approximate surface area is 82.7 Å². The summed E-state index contributed by atoms with van der Waals surface area (Å²) in [5.41, 5.74) is 3.48. The van der Waals surface area contributed by atoms with Gasteiger partial charge in [0.15, 0.2) is 0 Å². The lowest BCUT2D eigenvalue weighted by molar-refractivity contribution is -0.118. The molecular weight excluding hydrogens is 184 g/mol. The molecule has 0 atom stereocenters. The van der Waals surface area contributed by atoms with Gasteiger partial charge in [-0.25, -0.2) is 0 Å². The summed E-state index contributed by atoms with van der Waals surface area (Å²) < 4.78 is 0. The van der Waals surface area contributed by atoms with Gasteiger partial charge in [-0.1, -0.05) is 17.7 Å². The van der Waals surface area contributed by atoms with Crippen LogP contribution in [-0.4, -0.2) is 5.78 Å². The number of halogens is 1. The zero-order valence-corrected chi connectivity index (χ0v) is 8.32. The molecule has 0 N–H and O–H groups in total. The summed E-state index contributed by atoms with van der Waals surface area (Å²) in [6.45, 7) is 1.97. The SMILES string of the molecule is Cc1cc2c(cc1Cl)CCC(=O)C2. The van der Waals surface area contributed by atoms with Crippen molar-refractivity contribution in [2.45, 2.75) is 26.2 Å². The van der Waals surface area contributed by atoms with Crippen molar-refractivity contribution in [3.05, 3.63) is 33.8 Å². The number of Topliss-reactive ketones (excluding diaryl/α,β-unsaturated/α-hetero) is 1. The maximum Gasteiger partial charge on any atom is 0.137 e. The fourth-order valence-corrected chi connectivity index (χ4v) is 1.94. The Morgan fingerprint density at radius 1 is 1.23 bits per heavy atom. The molecule has 0 saturated heterocycles. The lowest BCUT2D eigenvalue weighted by Crippen LogP contribution is -2.13. The Kier molecular flexibility index (Phi) is 2.12. The molecule has 0 aromatic heterocycles. The number of benzene rings is 1. The minimum Gasteiger partial charge on any atom is -0.299 e. The van der Waals surface area contributed by atoms with Crippen LogP contribution in [0.3, 0.4) is 0 Å². The topological polar surface area (TPSA) is 17.1 Å². The molecule has 13 heavy (non-hydrogen) atoms. The predicted molar refractivity (Wildman–Crippen MR) is 53.2 cm³/mol. The van der Waals surface area contributed by atoms with E-state index in [0.29, 0.717) is 18.6 Å². The number of hydrogen-bond acceptors (Lipinski definition) is 1. The Morgan fingerprint density at radius 3 is 2.77 bits per heavy atom. The van der Waals surface area contributed by atoms with Crippen molar-refractivity contribution in [1.29, 1.82) is 0 Å². The van der Waals surface area contributed by atoms with Gasteiger partial charge in [0.2, 0.25) is 0 Å². The van der Waals surface area contributed by atoms with E-state index in [4.69, 9.17) is 11.6 Å². The van der Waals surface area contributed by atoms with Crippen LogP contribution in [-0.2, 0) is 17.6 Å². The number of hydrogen-bond donors (Lipinski definition) is 0. The second-order valence-electron chi connectivity index (χ2n) is 3.59. The van der Waals surface area contributed by atoms with Crippen molar-refractivity contribution < 1.29 is 4.79 Å². The highest BCUT2D eigenvalue weighted by atomic mass is 35.5. The Hall–Kier alpha value is -0.820. The molecule has 0 saturated carbocycles. The van der Waals surface area contributed by atoms with Crippen molar-refractivity contribution in [3.8, 4) is 0 Å². The van der Waals surface area contributed by atoms with Crippen LogP contribution >= 0.6 is 11.6 Å². The van der Waals surface area contributed by atoms with Crippen molar-refractivity contribution in [1.82, 2.24) is 0 Å². The molecule has 0 amide bonds. The van der Waals surface area contributed by atoms with E-state index in [1.165, 1.54) is 5.56 Å². The molecule has 0 radical (unpaired) electrons. The van der Waals surface area contributed by atoms with Gasteiger partial charge in [-0.3, -0.25) is 4.79 Å². The second kappa shape index (κ2) is 3.15. The Morgan fingerprint density at radius 2 is 2.00 bits per heavy atom. The third-order valence-corrected chi connectivity index (χ3v) is 2.95. The molecule has 1 aromatic rings. The molecule has 0 heterocycles. The molecule has 0 bridgehead atoms. The first-order valence-electron chi connectivity index (χ1n) is 4.46. The molecular formula is C11H11ClO. The lowest BCUT2D eigenvalue weighted by Gasteiger charge is -2.15. The summed E-state index contributed by atoms with van der Waals surface area (Å²) >= 11 is 6.00. The first-order chi connectivity index (χ1) is 6.16. The van der Waals surface area contributed by atoms with E-state index in [-0.39, 0.29) is 0 Å². The smallest absolute Gasteiger partial charge is 0.137 e. The van der Waals surface area contributed by atoms with Crippen LogP contribution in [0.4, 0.5) is 0 Å². The second-order valence-corrected chi connectivity index (χ2v) is 3.99. The summed E-state index contributed by atoms with van der Waals surface area (Å²) in [5, 5.41) is 0.813. The third-order valence-electron chi connectivity index (χ3n) is 2.54. The molecule has 2 rings (SSSR count). The number of rotatable bonds is 0. The molecule has 0 unspecified atom stereocenters. The van der Waals surface area contributed by atoms with Gasteiger partial charge < -0.3 is 0 Å². The highest BCUT2D eigenvalue weighted by Crippen LogP contribution is 2.25. The minimum absolute atomic E-state index is 0.342. The number of carbonyl (C=O) groups excluding carboxylic acids is 1. The number of fused-ring (bicyclic) bond motifs is 1. The largest absolute Gasteiger partial charge is 0.299 e. The fourth-order valence-electron chi connectivity index (χ4n) is 1.75. The Bertz CT molecular complexity index is 369. The number of ketones is 1. The first-order valence-corrected chi connectivity index (χ1v) is 4.84. The zero-order valence-electron chi connectivity index (χ0n) is 7.56. The van der Waals surface area contributed by atoms with Crippen molar-refractivity contribution in [2.24, 2.45) is 0 Å². The maximum atomic E-state index is 11.2. The quantitative estimate of drug-likeness (QED) is 0.621. The van der Waals surface area contributed by atoms with Gasteiger partial charge in [0.25, 0.3) is 0 Å². The van der Waals surface area contributed by atoms with Gasteiger partial charge >= 0.3 is 0 Å². The fraction of sp³-hybridized carbons (Fsp3) is 0.364. The molecule has 0 spiro atoms. The highest BCUT2D eigenvalue weighted by molar-refractivity contribution is 6.31. The van der Waals surface area contributed by atoms with Gasteiger partial charge in [-0.05, 0) is 36.1 Å². The number of carbonyl (C=O) groups is 1. The molecule has 0 fully saturated rings.